The highest BCUT2D eigenvalue weighted by Gasteiger charge is 2.17. The van der Waals surface area contributed by atoms with E-state index in [1.54, 1.807) is 7.05 Å². The Bertz CT molecular complexity index is 883. The van der Waals surface area contributed by atoms with Gasteiger partial charge in [-0.15, -0.1) is 0 Å². The van der Waals surface area contributed by atoms with Crippen molar-refractivity contribution in [1.82, 2.24) is 10.6 Å². The van der Waals surface area contributed by atoms with E-state index >= 15 is 0 Å². The van der Waals surface area contributed by atoms with Crippen molar-refractivity contribution in [3.05, 3.63) is 59.4 Å². The standard InChI is InChI=1S/C18H22FN3O3S/c1-12-10-15(19)6-9-17(12)26(24,25)22-16-7-4-14(5-8-16)18(23)21-11-13(2)20-3/h4-10,13,20,22H,11H2,1-3H3,(H,21,23). The molecule has 0 aliphatic carbocycles. The van der Waals surface area contributed by atoms with Crippen LogP contribution >= 0.6 is 0 Å². The third-order valence-corrected chi connectivity index (χ3v) is 5.43. The maximum atomic E-state index is 13.2. The third-order valence-electron chi connectivity index (χ3n) is 3.89. The zero-order valence-corrected chi connectivity index (χ0v) is 15.7. The van der Waals surface area contributed by atoms with E-state index < -0.39 is 15.8 Å². The van der Waals surface area contributed by atoms with E-state index in [-0.39, 0.29) is 16.8 Å². The van der Waals surface area contributed by atoms with Crippen LogP contribution < -0.4 is 15.4 Å². The van der Waals surface area contributed by atoms with Gasteiger partial charge in [0.25, 0.3) is 15.9 Å². The van der Waals surface area contributed by atoms with Crippen LogP contribution in [0.4, 0.5) is 10.1 Å². The molecule has 0 radical (unpaired) electrons. The molecule has 2 rings (SSSR count). The molecule has 26 heavy (non-hydrogen) atoms. The molecule has 2 aromatic rings. The first-order valence-corrected chi connectivity index (χ1v) is 9.56. The fourth-order valence-electron chi connectivity index (χ4n) is 2.26. The molecular formula is C18H22FN3O3S. The molecule has 0 fully saturated rings. The Kier molecular flexibility index (Phi) is 6.33. The first-order chi connectivity index (χ1) is 12.2. The highest BCUT2D eigenvalue weighted by Crippen LogP contribution is 2.20. The minimum atomic E-state index is -3.84. The molecule has 2 aromatic carbocycles. The summed E-state index contributed by atoms with van der Waals surface area (Å²) in [6, 6.07) is 9.71. The number of aryl methyl sites for hydroxylation is 1. The second-order valence-electron chi connectivity index (χ2n) is 5.99. The fraction of sp³-hybridized carbons (Fsp3) is 0.278. The van der Waals surface area contributed by atoms with Gasteiger partial charge in [-0.3, -0.25) is 9.52 Å². The highest BCUT2D eigenvalue weighted by molar-refractivity contribution is 7.92. The summed E-state index contributed by atoms with van der Waals surface area (Å²) in [4.78, 5) is 12.0. The number of benzene rings is 2. The number of carbonyl (C=O) groups excluding carboxylic acids is 1. The molecule has 0 aliphatic heterocycles. The van der Waals surface area contributed by atoms with Crippen LogP contribution in [0.2, 0.25) is 0 Å². The third kappa shape index (κ3) is 5.03. The quantitative estimate of drug-likeness (QED) is 0.689. The minimum absolute atomic E-state index is 0.00164. The SMILES string of the molecule is CNC(C)CNC(=O)c1ccc(NS(=O)(=O)c2ccc(F)cc2C)cc1. The summed E-state index contributed by atoms with van der Waals surface area (Å²) in [5.74, 6) is -0.736. The molecule has 1 unspecified atom stereocenters. The van der Waals surface area contributed by atoms with Crippen molar-refractivity contribution in [3.8, 4) is 0 Å². The lowest BCUT2D eigenvalue weighted by Gasteiger charge is -2.12. The zero-order chi connectivity index (χ0) is 19.3. The number of nitrogens with one attached hydrogen (secondary N) is 3. The van der Waals surface area contributed by atoms with Crippen LogP contribution in [-0.4, -0.2) is 34.0 Å². The predicted molar refractivity (Wildman–Crippen MR) is 99.2 cm³/mol. The topological polar surface area (TPSA) is 87.3 Å². The molecule has 6 nitrogen and oxygen atoms in total. The lowest BCUT2D eigenvalue weighted by molar-refractivity contribution is 0.0950. The number of sulfonamides is 1. The van der Waals surface area contributed by atoms with Crippen molar-refractivity contribution in [1.29, 1.82) is 0 Å². The highest BCUT2D eigenvalue weighted by atomic mass is 32.2. The molecule has 0 saturated heterocycles. The van der Waals surface area contributed by atoms with E-state index in [0.29, 0.717) is 23.4 Å². The Morgan fingerprint density at radius 1 is 1.15 bits per heavy atom. The number of rotatable bonds is 7. The Morgan fingerprint density at radius 3 is 2.38 bits per heavy atom. The summed E-state index contributed by atoms with van der Waals surface area (Å²) < 4.78 is 40.5. The monoisotopic (exact) mass is 379 g/mol. The van der Waals surface area contributed by atoms with E-state index in [0.717, 1.165) is 12.1 Å². The normalized spacial score (nSPS) is 12.5. The van der Waals surface area contributed by atoms with Crippen LogP contribution in [0.1, 0.15) is 22.8 Å². The molecule has 3 N–H and O–H groups in total. The Morgan fingerprint density at radius 2 is 1.81 bits per heavy atom. The first-order valence-electron chi connectivity index (χ1n) is 8.07. The van der Waals surface area contributed by atoms with Gasteiger partial charge in [-0.25, -0.2) is 12.8 Å². The van der Waals surface area contributed by atoms with E-state index in [1.165, 1.54) is 37.3 Å². The van der Waals surface area contributed by atoms with Crippen molar-refractivity contribution in [3.63, 3.8) is 0 Å². The molecule has 0 spiro atoms. The number of hydrogen-bond donors (Lipinski definition) is 3. The lowest BCUT2D eigenvalue weighted by atomic mass is 10.2. The van der Waals surface area contributed by atoms with Crippen molar-refractivity contribution in [2.45, 2.75) is 24.8 Å². The van der Waals surface area contributed by atoms with Gasteiger partial charge in [0.05, 0.1) is 4.90 Å². The average molecular weight is 379 g/mol. The van der Waals surface area contributed by atoms with Crippen LogP contribution in [0.15, 0.2) is 47.4 Å². The molecule has 0 aliphatic rings. The summed E-state index contributed by atoms with van der Waals surface area (Å²) in [5.41, 5.74) is 1.05. The number of halogens is 1. The van der Waals surface area contributed by atoms with Gasteiger partial charge < -0.3 is 10.6 Å². The summed E-state index contributed by atoms with van der Waals surface area (Å²) in [7, 11) is -2.04. The Balaban J connectivity index is 2.10. The second-order valence-corrected chi connectivity index (χ2v) is 7.64. The molecule has 0 bridgehead atoms. The molecular weight excluding hydrogens is 357 g/mol. The molecule has 0 heterocycles. The smallest absolute Gasteiger partial charge is 0.262 e. The van der Waals surface area contributed by atoms with Gasteiger partial charge in [-0.05, 0) is 68.9 Å². The number of hydrogen-bond acceptors (Lipinski definition) is 4. The number of carbonyl (C=O) groups is 1. The van der Waals surface area contributed by atoms with Crippen molar-refractivity contribution in [2.75, 3.05) is 18.3 Å². The largest absolute Gasteiger partial charge is 0.350 e. The number of anilines is 1. The van der Waals surface area contributed by atoms with Crippen molar-refractivity contribution < 1.29 is 17.6 Å². The molecule has 8 heteroatoms. The number of likely N-dealkylation sites (N-methyl/N-ethyl adjacent to an activating group) is 1. The van der Waals surface area contributed by atoms with Crippen LogP contribution in [0, 0.1) is 12.7 Å². The van der Waals surface area contributed by atoms with Crippen molar-refractivity contribution in [2.24, 2.45) is 0 Å². The van der Waals surface area contributed by atoms with Crippen LogP contribution in [0.5, 0.6) is 0 Å². The Labute approximate surface area is 152 Å². The van der Waals surface area contributed by atoms with E-state index in [4.69, 9.17) is 0 Å². The van der Waals surface area contributed by atoms with Gasteiger partial charge in [-0.1, -0.05) is 0 Å². The van der Waals surface area contributed by atoms with E-state index in [9.17, 15) is 17.6 Å². The molecule has 1 atom stereocenters. The van der Waals surface area contributed by atoms with Crippen LogP contribution in [-0.2, 0) is 10.0 Å². The zero-order valence-electron chi connectivity index (χ0n) is 14.8. The summed E-state index contributed by atoms with van der Waals surface area (Å²) in [5, 5.41) is 5.80. The van der Waals surface area contributed by atoms with E-state index in [2.05, 4.69) is 15.4 Å². The first kappa shape index (κ1) is 19.9. The maximum absolute atomic E-state index is 13.2. The van der Waals surface area contributed by atoms with Gasteiger partial charge in [0.2, 0.25) is 0 Å². The fourth-order valence-corrected chi connectivity index (χ4v) is 3.55. The number of amides is 1. The molecule has 140 valence electrons. The minimum Gasteiger partial charge on any atom is -0.350 e. The predicted octanol–water partition coefficient (Wildman–Crippen LogP) is 2.27. The van der Waals surface area contributed by atoms with Crippen LogP contribution in [0.3, 0.4) is 0 Å². The molecule has 0 saturated carbocycles. The second kappa shape index (κ2) is 8.29. The summed E-state index contributed by atoms with van der Waals surface area (Å²) in [6.45, 7) is 3.94. The van der Waals surface area contributed by atoms with E-state index in [1.807, 2.05) is 6.92 Å². The van der Waals surface area contributed by atoms with Crippen molar-refractivity contribution >= 4 is 21.6 Å². The molecule has 0 aromatic heterocycles. The summed E-state index contributed by atoms with van der Waals surface area (Å²) in [6.07, 6.45) is 0. The van der Waals surface area contributed by atoms with Gasteiger partial charge in [0, 0.05) is 23.8 Å². The molecule has 1 amide bonds. The van der Waals surface area contributed by atoms with Gasteiger partial charge in [0.1, 0.15) is 5.82 Å². The maximum Gasteiger partial charge on any atom is 0.262 e. The average Bonchev–Trinajstić information content (AvgIpc) is 2.59. The summed E-state index contributed by atoms with van der Waals surface area (Å²) >= 11 is 0. The van der Waals surface area contributed by atoms with Gasteiger partial charge in [-0.2, -0.15) is 0 Å². The van der Waals surface area contributed by atoms with Gasteiger partial charge >= 0.3 is 0 Å². The Hall–Kier alpha value is -2.45. The lowest BCUT2D eigenvalue weighted by Crippen LogP contribution is -2.37. The van der Waals surface area contributed by atoms with Gasteiger partial charge in [0.15, 0.2) is 0 Å². The van der Waals surface area contributed by atoms with Crippen LogP contribution in [0.25, 0.3) is 0 Å².